The van der Waals surface area contributed by atoms with E-state index in [-0.39, 0.29) is 0 Å². The first-order chi connectivity index (χ1) is 5.36. The number of pyridine rings is 1. The summed E-state index contributed by atoms with van der Waals surface area (Å²) in [6, 6.07) is 9.61. The first kappa shape index (κ1) is 6.62. The lowest BCUT2D eigenvalue weighted by atomic mass is 10.2. The molecule has 0 bridgehead atoms. The minimum absolute atomic E-state index is 0.733. The van der Waals surface area contributed by atoms with E-state index in [2.05, 4.69) is 4.98 Å². The Morgan fingerprint density at radius 2 is 2.09 bits per heavy atom. The summed E-state index contributed by atoms with van der Waals surface area (Å²) in [6.07, 6.45) is 1.76. The van der Waals surface area contributed by atoms with Crippen LogP contribution in [0.3, 0.4) is 0 Å². The molecule has 1 aromatic carbocycles. The van der Waals surface area contributed by atoms with E-state index < -0.39 is 0 Å². The lowest BCUT2D eigenvalue weighted by molar-refractivity contribution is 1.41. The van der Waals surface area contributed by atoms with Gasteiger partial charge in [0.25, 0.3) is 0 Å². The molecule has 0 aliphatic heterocycles. The smallest absolute Gasteiger partial charge is 0.0716 e. The van der Waals surface area contributed by atoms with Gasteiger partial charge in [-0.3, -0.25) is 4.98 Å². The zero-order valence-corrected chi connectivity index (χ0v) is 6.55. The van der Waals surface area contributed by atoms with Crippen molar-refractivity contribution in [2.45, 2.75) is 0 Å². The van der Waals surface area contributed by atoms with Gasteiger partial charge in [-0.1, -0.05) is 23.7 Å². The zero-order chi connectivity index (χ0) is 7.68. The molecule has 0 radical (unpaired) electrons. The molecule has 2 heteroatoms. The Balaban J connectivity index is 2.83. The van der Waals surface area contributed by atoms with Gasteiger partial charge in [0.05, 0.1) is 5.52 Å². The molecular formula is C9H6ClN. The van der Waals surface area contributed by atoms with E-state index >= 15 is 0 Å². The van der Waals surface area contributed by atoms with E-state index in [1.54, 1.807) is 6.20 Å². The van der Waals surface area contributed by atoms with Gasteiger partial charge < -0.3 is 0 Å². The van der Waals surface area contributed by atoms with Crippen LogP contribution in [0.4, 0.5) is 0 Å². The molecule has 1 aromatic heterocycles. The molecule has 1 nitrogen and oxygen atoms in total. The topological polar surface area (TPSA) is 12.9 Å². The van der Waals surface area contributed by atoms with Crippen molar-refractivity contribution in [3.05, 3.63) is 41.6 Å². The van der Waals surface area contributed by atoms with Crippen LogP contribution in [0.15, 0.2) is 36.5 Å². The van der Waals surface area contributed by atoms with Gasteiger partial charge in [0.2, 0.25) is 0 Å². The van der Waals surface area contributed by atoms with Crippen LogP contribution >= 0.6 is 11.6 Å². The second-order valence-electron chi connectivity index (χ2n) is 2.34. The third-order valence-electron chi connectivity index (χ3n) is 1.57. The number of aromatic nitrogens is 1. The highest BCUT2D eigenvalue weighted by Crippen LogP contribution is 2.16. The lowest BCUT2D eigenvalue weighted by Gasteiger charge is -1.94. The average molecular weight is 164 g/mol. The van der Waals surface area contributed by atoms with Crippen molar-refractivity contribution in [1.82, 2.24) is 4.98 Å². The molecule has 0 saturated heterocycles. The van der Waals surface area contributed by atoms with E-state index in [0.717, 1.165) is 15.9 Å². The molecule has 2 aromatic rings. The standard InChI is InChI=1S/C9H6ClN/c10-8-4-3-7-2-1-5-11-9(7)6-8/h1-6H. The largest absolute Gasteiger partial charge is 0.256 e. The fourth-order valence-corrected chi connectivity index (χ4v) is 1.21. The van der Waals surface area contributed by atoms with Crippen LogP contribution in [-0.4, -0.2) is 4.98 Å². The van der Waals surface area contributed by atoms with Crippen molar-refractivity contribution in [2.75, 3.05) is 0 Å². The summed E-state index contributed by atoms with van der Waals surface area (Å²) in [7, 11) is 0. The molecular weight excluding hydrogens is 158 g/mol. The summed E-state index contributed by atoms with van der Waals surface area (Å²) in [5.74, 6) is 0. The molecule has 0 atom stereocenters. The lowest BCUT2D eigenvalue weighted by Crippen LogP contribution is -1.75. The number of fused-ring (bicyclic) bond motifs is 1. The molecule has 0 N–H and O–H groups in total. The fraction of sp³-hybridized carbons (Fsp3) is 0. The van der Waals surface area contributed by atoms with Crippen molar-refractivity contribution in [2.24, 2.45) is 0 Å². The second-order valence-corrected chi connectivity index (χ2v) is 2.78. The highest BCUT2D eigenvalue weighted by Gasteiger charge is 1.92. The number of hydrogen-bond acceptors (Lipinski definition) is 1. The van der Waals surface area contributed by atoms with Gasteiger partial charge >= 0.3 is 0 Å². The van der Waals surface area contributed by atoms with E-state index in [4.69, 9.17) is 11.6 Å². The Kier molecular flexibility index (Phi) is 1.51. The zero-order valence-electron chi connectivity index (χ0n) is 5.79. The Bertz CT molecular complexity index is 384. The van der Waals surface area contributed by atoms with Gasteiger partial charge in [-0.05, 0) is 18.2 Å². The predicted octanol–water partition coefficient (Wildman–Crippen LogP) is 2.89. The molecule has 0 spiro atoms. The highest BCUT2D eigenvalue weighted by atomic mass is 35.5. The summed E-state index contributed by atoms with van der Waals surface area (Å²) in [5, 5.41) is 1.85. The number of nitrogens with zero attached hydrogens (tertiary/aromatic N) is 1. The van der Waals surface area contributed by atoms with E-state index in [1.165, 1.54) is 0 Å². The van der Waals surface area contributed by atoms with Gasteiger partial charge in [0.1, 0.15) is 0 Å². The third-order valence-corrected chi connectivity index (χ3v) is 1.80. The molecule has 0 aliphatic rings. The fourth-order valence-electron chi connectivity index (χ4n) is 1.04. The molecule has 11 heavy (non-hydrogen) atoms. The Morgan fingerprint density at radius 1 is 1.18 bits per heavy atom. The molecule has 54 valence electrons. The minimum Gasteiger partial charge on any atom is -0.256 e. The highest BCUT2D eigenvalue weighted by molar-refractivity contribution is 6.31. The van der Waals surface area contributed by atoms with Crippen LogP contribution in [0.5, 0.6) is 0 Å². The molecule has 0 saturated carbocycles. The number of rotatable bonds is 0. The Labute approximate surface area is 69.6 Å². The van der Waals surface area contributed by atoms with Gasteiger partial charge in [-0.25, -0.2) is 0 Å². The van der Waals surface area contributed by atoms with Gasteiger partial charge in [-0.15, -0.1) is 0 Å². The molecule has 2 rings (SSSR count). The average Bonchev–Trinajstić information content (AvgIpc) is 2.04. The predicted molar refractivity (Wildman–Crippen MR) is 46.8 cm³/mol. The number of hydrogen-bond donors (Lipinski definition) is 0. The SMILES string of the molecule is Clc1ccc2cccnc2c1. The van der Waals surface area contributed by atoms with Crippen LogP contribution in [0.2, 0.25) is 5.02 Å². The van der Waals surface area contributed by atoms with Crippen molar-refractivity contribution in [3.63, 3.8) is 0 Å². The van der Waals surface area contributed by atoms with E-state index in [0.29, 0.717) is 0 Å². The Morgan fingerprint density at radius 3 is 3.00 bits per heavy atom. The first-order valence-corrected chi connectivity index (χ1v) is 3.74. The van der Waals surface area contributed by atoms with Gasteiger partial charge in [0.15, 0.2) is 0 Å². The molecule has 0 unspecified atom stereocenters. The van der Waals surface area contributed by atoms with Crippen LogP contribution in [0.25, 0.3) is 10.9 Å². The van der Waals surface area contributed by atoms with Crippen LogP contribution in [0, 0.1) is 0 Å². The maximum absolute atomic E-state index is 5.78. The molecule has 1 heterocycles. The molecule has 0 aliphatic carbocycles. The number of benzene rings is 1. The minimum atomic E-state index is 0.733. The number of halogens is 1. The van der Waals surface area contributed by atoms with Crippen LogP contribution in [0.1, 0.15) is 0 Å². The molecule has 0 fully saturated rings. The quantitative estimate of drug-likeness (QED) is 0.582. The van der Waals surface area contributed by atoms with Crippen molar-refractivity contribution in [1.29, 1.82) is 0 Å². The summed E-state index contributed by atoms with van der Waals surface area (Å²) >= 11 is 5.78. The van der Waals surface area contributed by atoms with Crippen molar-refractivity contribution < 1.29 is 0 Å². The summed E-state index contributed by atoms with van der Waals surface area (Å²) in [4.78, 5) is 4.16. The van der Waals surface area contributed by atoms with Gasteiger partial charge in [-0.2, -0.15) is 0 Å². The Hall–Kier alpha value is -1.08. The maximum Gasteiger partial charge on any atom is 0.0716 e. The third kappa shape index (κ3) is 1.19. The van der Waals surface area contributed by atoms with Crippen LogP contribution in [-0.2, 0) is 0 Å². The van der Waals surface area contributed by atoms with Gasteiger partial charge in [0, 0.05) is 16.6 Å². The van der Waals surface area contributed by atoms with Crippen molar-refractivity contribution >= 4 is 22.5 Å². The second kappa shape index (κ2) is 2.51. The molecule has 0 amide bonds. The summed E-state index contributed by atoms with van der Waals surface area (Å²) in [6.45, 7) is 0. The van der Waals surface area contributed by atoms with Crippen molar-refractivity contribution in [3.8, 4) is 0 Å². The summed E-state index contributed by atoms with van der Waals surface area (Å²) < 4.78 is 0. The monoisotopic (exact) mass is 163 g/mol. The maximum atomic E-state index is 5.78. The van der Waals surface area contributed by atoms with E-state index in [1.807, 2.05) is 30.3 Å². The first-order valence-electron chi connectivity index (χ1n) is 3.36. The van der Waals surface area contributed by atoms with Crippen LogP contribution < -0.4 is 0 Å². The summed E-state index contributed by atoms with van der Waals surface area (Å²) in [5.41, 5.74) is 0.944. The van der Waals surface area contributed by atoms with E-state index in [9.17, 15) is 0 Å². The normalized spacial score (nSPS) is 10.3.